The molecule has 2 aliphatic rings. The van der Waals surface area contributed by atoms with Crippen molar-refractivity contribution in [3.05, 3.63) is 51.3 Å². The van der Waals surface area contributed by atoms with Crippen LogP contribution in [0.4, 0.5) is 4.79 Å². The molecule has 0 unspecified atom stereocenters. The molecule has 2 aliphatic heterocycles. The molecule has 3 aromatic rings. The lowest BCUT2D eigenvalue weighted by Crippen LogP contribution is -2.48. The maximum atomic E-state index is 14.2. The number of pyridine rings is 2. The van der Waals surface area contributed by atoms with Crippen LogP contribution in [0, 0.1) is 0 Å². The molecule has 2 aromatic heterocycles. The first kappa shape index (κ1) is 35.8. The van der Waals surface area contributed by atoms with Gasteiger partial charge in [0.2, 0.25) is 5.60 Å². The van der Waals surface area contributed by atoms with Crippen molar-refractivity contribution in [3.63, 3.8) is 0 Å². The number of hydrogen-bond donors (Lipinski definition) is 1. The molecule has 0 saturated heterocycles. The number of benzene rings is 1. The van der Waals surface area contributed by atoms with E-state index in [1.807, 2.05) is 12.1 Å². The predicted molar refractivity (Wildman–Crippen MR) is 185 cm³/mol. The van der Waals surface area contributed by atoms with Gasteiger partial charge in [-0.3, -0.25) is 14.4 Å². The second-order valence-electron chi connectivity index (χ2n) is 14.5. The topological polar surface area (TPSA) is 152 Å². The van der Waals surface area contributed by atoms with Crippen molar-refractivity contribution in [1.82, 2.24) is 14.9 Å². The van der Waals surface area contributed by atoms with E-state index < -0.39 is 43.3 Å². The molecule has 12 nitrogen and oxygen atoms in total. The van der Waals surface area contributed by atoms with Crippen molar-refractivity contribution >= 4 is 48.2 Å². The van der Waals surface area contributed by atoms with E-state index in [0.717, 1.165) is 16.1 Å². The van der Waals surface area contributed by atoms with Crippen LogP contribution < -0.4 is 20.8 Å². The number of carbonyl (C=O) groups excluding carboxylic acids is 4. The zero-order valence-corrected chi connectivity index (χ0v) is 30.7. The number of ether oxygens (including phenoxy) is 4. The Hall–Kier alpha value is -4.52. The molecule has 5 rings (SSSR count). The zero-order chi connectivity index (χ0) is 36.1. The highest BCUT2D eigenvalue weighted by Crippen LogP contribution is 2.42. The third kappa shape index (κ3) is 6.72. The lowest BCUT2D eigenvalue weighted by atomic mass is 9.85. The third-order valence-electron chi connectivity index (χ3n) is 9.49. The molecule has 13 heteroatoms. The standard InChI is InChI=1S/C36H45N3O9Si/c1-10-36(47-29(41)12-11-15-37-34(44)48-35(5,6)7)26-17-28-30-24(18-39(28)32(42)25(26)19-45-33(36)43)31(49(8,9)20(2)3)23-16-22(46-21(4)40)13-14-27(23)38-30/h13-14,16-17,20H,10-12,15,18-19H2,1-9H3,(H,37,44)/q-1/t36-/m0/s1. The highest BCUT2D eigenvalue weighted by atomic mass is 28.3. The number of amides is 1. The maximum Gasteiger partial charge on any atom is 0.407 e. The Kier molecular flexibility index (Phi) is 9.54. The molecular formula is C36H45N3O9Si-. The smallest absolute Gasteiger partial charge is 0.407 e. The van der Waals surface area contributed by atoms with Crippen LogP contribution in [0.1, 0.15) is 84.4 Å². The van der Waals surface area contributed by atoms with Crippen molar-refractivity contribution in [1.29, 1.82) is 0 Å². The van der Waals surface area contributed by atoms with Crippen LogP contribution in [-0.4, -0.2) is 53.8 Å². The van der Waals surface area contributed by atoms with E-state index in [1.54, 1.807) is 44.4 Å². The Labute approximate surface area is 286 Å². The van der Waals surface area contributed by atoms with E-state index in [1.165, 1.54) is 6.92 Å². The summed E-state index contributed by atoms with van der Waals surface area (Å²) in [4.78, 5) is 69.7. The highest BCUT2D eigenvalue weighted by Gasteiger charge is 2.50. The summed E-state index contributed by atoms with van der Waals surface area (Å²) >= 11 is 0. The summed E-state index contributed by atoms with van der Waals surface area (Å²) in [6, 6.07) is 7.12. The van der Waals surface area contributed by atoms with E-state index in [4.69, 9.17) is 23.9 Å². The average Bonchev–Trinajstić information content (AvgIpc) is 3.36. The first-order valence-electron chi connectivity index (χ1n) is 16.7. The normalized spacial score (nSPS) is 16.8. The number of aromatic nitrogens is 2. The number of carbonyl (C=O) groups is 4. The number of alkyl carbamates (subject to hydrolysis) is 1. The van der Waals surface area contributed by atoms with Gasteiger partial charge in [-0.1, -0.05) is 20.8 Å². The molecular weight excluding hydrogens is 646 g/mol. The molecule has 1 N–H and O–H groups in total. The van der Waals surface area contributed by atoms with Gasteiger partial charge in [0.05, 0.1) is 29.0 Å². The Balaban J connectivity index is 1.56. The number of nitrogens with zero attached hydrogens (tertiary/aromatic N) is 2. The van der Waals surface area contributed by atoms with E-state index >= 15 is 0 Å². The summed E-state index contributed by atoms with van der Waals surface area (Å²) in [5.74, 6) is -1.41. The summed E-state index contributed by atoms with van der Waals surface area (Å²) in [7, 11) is -2.21. The Bertz CT molecular complexity index is 1930. The largest absolute Gasteiger partial charge is 0.457 e. The van der Waals surface area contributed by atoms with E-state index in [-0.39, 0.29) is 50.1 Å². The van der Waals surface area contributed by atoms with Gasteiger partial charge in [-0.05, 0) is 68.8 Å². The number of nitrogens with one attached hydrogen (secondary N) is 1. The molecule has 0 bridgehead atoms. The summed E-state index contributed by atoms with van der Waals surface area (Å²) in [6.07, 6.45) is -0.402. The van der Waals surface area contributed by atoms with Gasteiger partial charge in [0, 0.05) is 25.5 Å². The minimum atomic E-state index is -2.21. The van der Waals surface area contributed by atoms with Crippen LogP contribution in [0.5, 0.6) is 5.75 Å². The van der Waals surface area contributed by atoms with Crippen molar-refractivity contribution in [2.24, 2.45) is 0 Å². The van der Waals surface area contributed by atoms with Gasteiger partial charge in [0.25, 0.3) is 5.56 Å². The number of cyclic esters (lactones) is 1. The molecule has 0 spiro atoms. The van der Waals surface area contributed by atoms with Gasteiger partial charge in [0.15, 0.2) is 0 Å². The van der Waals surface area contributed by atoms with E-state index in [9.17, 15) is 24.0 Å². The van der Waals surface area contributed by atoms with Gasteiger partial charge >= 0.3 is 24.0 Å². The van der Waals surface area contributed by atoms with Gasteiger partial charge in [-0.25, -0.2) is 14.6 Å². The van der Waals surface area contributed by atoms with Gasteiger partial charge < -0.3 is 28.8 Å². The minimum Gasteiger partial charge on any atom is -0.457 e. The Morgan fingerprint density at radius 3 is 2.47 bits per heavy atom. The first-order valence-corrected chi connectivity index (χ1v) is 19.8. The molecule has 0 radical (unpaired) electrons. The molecule has 1 atom stereocenters. The number of esters is 3. The lowest BCUT2D eigenvalue weighted by Gasteiger charge is -2.42. The first-order chi connectivity index (χ1) is 22.9. The van der Waals surface area contributed by atoms with Crippen molar-refractivity contribution in [2.75, 3.05) is 6.54 Å². The van der Waals surface area contributed by atoms with E-state index in [2.05, 4.69) is 32.3 Å². The molecule has 1 amide bonds. The summed E-state index contributed by atoms with van der Waals surface area (Å²) in [5.41, 5.74) is 0.821. The van der Waals surface area contributed by atoms with Gasteiger partial charge in [0.1, 0.15) is 18.0 Å². The number of hydrogen-bond acceptors (Lipinski definition) is 10. The zero-order valence-electron chi connectivity index (χ0n) is 29.7. The quantitative estimate of drug-likeness (QED) is 0.0817. The average molecular weight is 692 g/mol. The van der Waals surface area contributed by atoms with Crippen LogP contribution in [-0.2, 0) is 47.3 Å². The number of fused-ring (bicyclic) bond motifs is 5. The fourth-order valence-corrected chi connectivity index (χ4v) is 8.90. The molecule has 49 heavy (non-hydrogen) atoms. The fraction of sp³-hybridized carbons (Fsp3) is 0.500. The van der Waals surface area contributed by atoms with Crippen LogP contribution in [0.3, 0.4) is 0 Å². The maximum absolute atomic E-state index is 14.2. The highest BCUT2D eigenvalue weighted by molar-refractivity contribution is 6.92. The molecule has 263 valence electrons. The van der Waals surface area contributed by atoms with Crippen molar-refractivity contribution in [3.8, 4) is 17.1 Å². The molecule has 4 heterocycles. The van der Waals surface area contributed by atoms with Crippen LogP contribution in [0.2, 0.25) is 18.6 Å². The molecule has 1 aromatic carbocycles. The van der Waals surface area contributed by atoms with Crippen LogP contribution >= 0.6 is 0 Å². The van der Waals surface area contributed by atoms with Gasteiger partial charge in [-0.15, -0.1) is 13.6 Å². The second kappa shape index (κ2) is 13.1. The summed E-state index contributed by atoms with van der Waals surface area (Å²) in [5, 5.41) is 4.61. The summed E-state index contributed by atoms with van der Waals surface area (Å²) < 4.78 is 23.7. The van der Waals surface area contributed by atoms with Crippen LogP contribution in [0.25, 0.3) is 22.3 Å². The second-order valence-corrected chi connectivity index (χ2v) is 19.6. The Morgan fingerprint density at radius 1 is 1.12 bits per heavy atom. The van der Waals surface area contributed by atoms with Gasteiger partial charge in [-0.2, -0.15) is 18.3 Å². The SMILES string of the molecule is CC[C@@]1(OC(=O)CCCNC(=O)OC(C)(C)C)C(=O)OCc2c1cc1n(c2=O)Cc2c-1nc1ccc(OC(C)=O)cc1c2[Si-](C)(C)C(C)C. The summed E-state index contributed by atoms with van der Waals surface area (Å²) in [6.45, 7) is 17.4. The predicted octanol–water partition coefficient (Wildman–Crippen LogP) is 5.19. The van der Waals surface area contributed by atoms with Crippen molar-refractivity contribution < 1.29 is 38.1 Å². The third-order valence-corrected chi connectivity index (χ3v) is 14.2. The number of rotatable bonds is 9. The monoisotopic (exact) mass is 691 g/mol. The Morgan fingerprint density at radius 2 is 1.84 bits per heavy atom. The lowest BCUT2D eigenvalue weighted by molar-refractivity contribution is -0.189. The molecule has 0 saturated carbocycles. The molecule has 0 aliphatic carbocycles. The molecule has 0 fully saturated rings. The fourth-order valence-electron chi connectivity index (χ4n) is 6.45. The minimum absolute atomic E-state index is 0.0408. The van der Waals surface area contributed by atoms with Crippen molar-refractivity contribution in [2.45, 2.75) is 111 Å². The van der Waals surface area contributed by atoms with E-state index in [0.29, 0.717) is 33.8 Å². The van der Waals surface area contributed by atoms with Crippen LogP contribution in [0.15, 0.2) is 29.1 Å².